The van der Waals surface area contributed by atoms with Crippen molar-refractivity contribution in [3.05, 3.63) is 83.2 Å². The quantitative estimate of drug-likeness (QED) is 0.561. The van der Waals surface area contributed by atoms with Crippen molar-refractivity contribution in [3.63, 3.8) is 0 Å². The van der Waals surface area contributed by atoms with Crippen molar-refractivity contribution in [1.82, 2.24) is 0 Å². The first-order chi connectivity index (χ1) is 13.0. The number of amides is 2. The summed E-state index contributed by atoms with van der Waals surface area (Å²) in [6, 6.07) is 17.8. The van der Waals surface area contributed by atoms with Crippen LogP contribution in [0.15, 0.2) is 60.7 Å². The van der Waals surface area contributed by atoms with Crippen LogP contribution in [-0.2, 0) is 11.2 Å². The summed E-state index contributed by atoms with van der Waals surface area (Å²) in [4.78, 5) is 23.7. The number of nitrogens with one attached hydrogen (secondary N) is 2. The van der Waals surface area contributed by atoms with E-state index in [0.29, 0.717) is 11.4 Å². The molecule has 0 heterocycles. The van der Waals surface area contributed by atoms with E-state index in [1.807, 2.05) is 30.3 Å². The van der Waals surface area contributed by atoms with Crippen molar-refractivity contribution >= 4 is 23.2 Å². The summed E-state index contributed by atoms with van der Waals surface area (Å²) >= 11 is 0. The Morgan fingerprint density at radius 1 is 0.852 bits per heavy atom. The molecule has 0 bridgehead atoms. The fourth-order valence-electron chi connectivity index (χ4n) is 3.40. The molecule has 0 unspecified atom stereocenters. The zero-order chi connectivity index (χ0) is 19.0. The standard InChI is InChI=1S/C22H17FN2O2/c1-13(26)24-17-7-9-21(23)20(12-17)22(27)25-16-6-8-19-15(11-16)10-14-4-2-3-5-18(14)19/h2-9,11-12H,10H2,1H3,(H,24,26)(H,25,27). The molecule has 0 spiro atoms. The molecule has 27 heavy (non-hydrogen) atoms. The van der Waals surface area contributed by atoms with Crippen LogP contribution in [0.5, 0.6) is 0 Å². The predicted octanol–water partition coefficient (Wildman–Crippen LogP) is 4.61. The first kappa shape index (κ1) is 17.0. The highest BCUT2D eigenvalue weighted by atomic mass is 19.1. The van der Waals surface area contributed by atoms with Gasteiger partial charge in [-0.3, -0.25) is 9.59 Å². The Hall–Kier alpha value is -3.47. The summed E-state index contributed by atoms with van der Waals surface area (Å²) in [7, 11) is 0. The van der Waals surface area contributed by atoms with Crippen molar-refractivity contribution in [3.8, 4) is 11.1 Å². The first-order valence-corrected chi connectivity index (χ1v) is 8.61. The summed E-state index contributed by atoms with van der Waals surface area (Å²) in [5.41, 5.74) is 5.60. The van der Waals surface area contributed by atoms with Crippen LogP contribution in [-0.4, -0.2) is 11.8 Å². The van der Waals surface area contributed by atoms with Crippen molar-refractivity contribution in [2.75, 3.05) is 10.6 Å². The van der Waals surface area contributed by atoms with Gasteiger partial charge in [-0.2, -0.15) is 0 Å². The number of benzene rings is 3. The van der Waals surface area contributed by atoms with Crippen LogP contribution in [0.3, 0.4) is 0 Å². The number of fused-ring (bicyclic) bond motifs is 3. The molecule has 134 valence electrons. The lowest BCUT2D eigenvalue weighted by molar-refractivity contribution is -0.114. The molecule has 0 aliphatic heterocycles. The second kappa shape index (κ2) is 6.68. The van der Waals surface area contributed by atoms with Gasteiger partial charge in [0.25, 0.3) is 5.91 Å². The Balaban J connectivity index is 1.58. The molecule has 3 aromatic carbocycles. The topological polar surface area (TPSA) is 58.2 Å². The third-order valence-corrected chi connectivity index (χ3v) is 4.58. The molecule has 4 nitrogen and oxygen atoms in total. The van der Waals surface area contributed by atoms with E-state index in [1.54, 1.807) is 0 Å². The number of halogens is 1. The summed E-state index contributed by atoms with van der Waals surface area (Å²) in [6.45, 7) is 1.35. The Morgan fingerprint density at radius 3 is 2.37 bits per heavy atom. The minimum atomic E-state index is -0.643. The summed E-state index contributed by atoms with van der Waals surface area (Å²) in [6.07, 6.45) is 0.807. The molecule has 0 atom stereocenters. The lowest BCUT2D eigenvalue weighted by Gasteiger charge is -2.10. The van der Waals surface area contributed by atoms with Gasteiger partial charge in [-0.1, -0.05) is 30.3 Å². The lowest BCUT2D eigenvalue weighted by Crippen LogP contribution is -2.15. The first-order valence-electron chi connectivity index (χ1n) is 8.61. The van der Waals surface area contributed by atoms with Gasteiger partial charge in [-0.25, -0.2) is 4.39 Å². The third kappa shape index (κ3) is 3.31. The molecule has 2 amide bonds. The van der Waals surface area contributed by atoms with Crippen LogP contribution in [0, 0.1) is 5.82 Å². The average Bonchev–Trinajstić information content (AvgIpc) is 3.00. The van der Waals surface area contributed by atoms with Gasteiger partial charge >= 0.3 is 0 Å². The number of hydrogen-bond donors (Lipinski definition) is 2. The van der Waals surface area contributed by atoms with E-state index in [-0.39, 0.29) is 11.5 Å². The molecule has 0 radical (unpaired) electrons. The molecule has 1 aliphatic rings. The SMILES string of the molecule is CC(=O)Nc1ccc(F)c(C(=O)Nc2ccc3c(c2)Cc2ccccc2-3)c1. The summed E-state index contributed by atoms with van der Waals surface area (Å²) < 4.78 is 14.1. The lowest BCUT2D eigenvalue weighted by atomic mass is 10.1. The number of rotatable bonds is 3. The van der Waals surface area contributed by atoms with Crippen LogP contribution in [0.4, 0.5) is 15.8 Å². The smallest absolute Gasteiger partial charge is 0.258 e. The van der Waals surface area contributed by atoms with Crippen LogP contribution >= 0.6 is 0 Å². The number of carbonyl (C=O) groups is 2. The van der Waals surface area contributed by atoms with Gasteiger partial charge < -0.3 is 10.6 Å². The minimum absolute atomic E-state index is 0.120. The zero-order valence-electron chi connectivity index (χ0n) is 14.7. The Bertz CT molecular complexity index is 1080. The molecule has 5 heteroatoms. The fraction of sp³-hybridized carbons (Fsp3) is 0.0909. The average molecular weight is 360 g/mol. The van der Waals surface area contributed by atoms with Crippen molar-refractivity contribution in [2.45, 2.75) is 13.3 Å². The zero-order valence-corrected chi connectivity index (χ0v) is 14.7. The van der Waals surface area contributed by atoms with Crippen molar-refractivity contribution in [1.29, 1.82) is 0 Å². The van der Waals surface area contributed by atoms with E-state index in [1.165, 1.54) is 36.2 Å². The Morgan fingerprint density at radius 2 is 1.56 bits per heavy atom. The maximum atomic E-state index is 14.1. The van der Waals surface area contributed by atoms with Gasteiger partial charge in [0.1, 0.15) is 5.82 Å². The Kier molecular flexibility index (Phi) is 4.20. The molecule has 0 saturated carbocycles. The molecule has 0 aromatic heterocycles. The van der Waals surface area contributed by atoms with Gasteiger partial charge in [-0.05, 0) is 59.0 Å². The summed E-state index contributed by atoms with van der Waals surface area (Å²) in [5.74, 6) is -1.49. The predicted molar refractivity (Wildman–Crippen MR) is 103 cm³/mol. The van der Waals surface area contributed by atoms with E-state index in [2.05, 4.69) is 22.8 Å². The number of hydrogen-bond acceptors (Lipinski definition) is 2. The highest BCUT2D eigenvalue weighted by Crippen LogP contribution is 2.37. The Labute approximate surface area is 156 Å². The van der Waals surface area contributed by atoms with Gasteiger partial charge in [-0.15, -0.1) is 0 Å². The van der Waals surface area contributed by atoms with Crippen molar-refractivity contribution in [2.24, 2.45) is 0 Å². The highest BCUT2D eigenvalue weighted by molar-refractivity contribution is 6.05. The maximum Gasteiger partial charge on any atom is 0.258 e. The van der Waals surface area contributed by atoms with Gasteiger partial charge in [0.15, 0.2) is 0 Å². The van der Waals surface area contributed by atoms with E-state index >= 15 is 0 Å². The molecule has 1 aliphatic carbocycles. The molecular weight excluding hydrogens is 343 g/mol. The number of carbonyl (C=O) groups excluding carboxylic acids is 2. The number of anilines is 2. The molecule has 2 N–H and O–H groups in total. The van der Waals surface area contributed by atoms with Gasteiger partial charge in [0, 0.05) is 18.3 Å². The van der Waals surface area contributed by atoms with Gasteiger partial charge in [0.05, 0.1) is 5.56 Å². The fourth-order valence-corrected chi connectivity index (χ4v) is 3.40. The van der Waals surface area contributed by atoms with Crippen molar-refractivity contribution < 1.29 is 14.0 Å². The summed E-state index contributed by atoms with van der Waals surface area (Å²) in [5, 5.41) is 5.29. The maximum absolute atomic E-state index is 14.1. The molecule has 0 fully saturated rings. The highest BCUT2D eigenvalue weighted by Gasteiger charge is 2.19. The largest absolute Gasteiger partial charge is 0.326 e. The van der Waals surface area contributed by atoms with Crippen LogP contribution in [0.25, 0.3) is 11.1 Å². The molecule has 3 aromatic rings. The second-order valence-corrected chi connectivity index (χ2v) is 6.54. The molecular formula is C22H17FN2O2. The normalized spacial score (nSPS) is 11.5. The van der Waals surface area contributed by atoms with Crippen LogP contribution in [0.1, 0.15) is 28.4 Å². The second-order valence-electron chi connectivity index (χ2n) is 6.54. The minimum Gasteiger partial charge on any atom is -0.326 e. The van der Waals surface area contributed by atoms with E-state index in [4.69, 9.17) is 0 Å². The third-order valence-electron chi connectivity index (χ3n) is 4.58. The van der Waals surface area contributed by atoms with Crippen LogP contribution in [0.2, 0.25) is 0 Å². The van der Waals surface area contributed by atoms with E-state index in [0.717, 1.165) is 17.5 Å². The van der Waals surface area contributed by atoms with E-state index in [9.17, 15) is 14.0 Å². The molecule has 4 rings (SSSR count). The monoisotopic (exact) mass is 360 g/mol. The van der Waals surface area contributed by atoms with E-state index < -0.39 is 11.7 Å². The van der Waals surface area contributed by atoms with Gasteiger partial charge in [0.2, 0.25) is 5.91 Å². The van der Waals surface area contributed by atoms with Crippen LogP contribution < -0.4 is 10.6 Å². The molecule has 0 saturated heterocycles.